The summed E-state index contributed by atoms with van der Waals surface area (Å²) in [4.78, 5) is 88.9. The van der Waals surface area contributed by atoms with Gasteiger partial charge in [-0.25, -0.2) is 19.6 Å². The van der Waals surface area contributed by atoms with Gasteiger partial charge in [0.2, 0.25) is 23.6 Å². The maximum Gasteiger partial charge on any atom is 0.409 e. The molecule has 2 aliphatic rings. The van der Waals surface area contributed by atoms with E-state index in [1.165, 1.54) is 51.3 Å². The predicted octanol–water partition coefficient (Wildman–Crippen LogP) is 1.62. The highest BCUT2D eigenvalue weighted by Gasteiger charge is 2.37. The van der Waals surface area contributed by atoms with E-state index in [2.05, 4.69) is 30.9 Å². The molecule has 5 N–H and O–H groups in total. The molecule has 1 aromatic carbocycles. The second-order valence-electron chi connectivity index (χ2n) is 15.0. The lowest BCUT2D eigenvalue weighted by Crippen LogP contribution is -2.53. The second kappa shape index (κ2) is 19.4. The van der Waals surface area contributed by atoms with Crippen LogP contribution in [0.1, 0.15) is 50.5 Å². The first kappa shape index (κ1) is 42.3. The van der Waals surface area contributed by atoms with Gasteiger partial charge in [0.25, 0.3) is 0 Å². The van der Waals surface area contributed by atoms with Crippen molar-refractivity contribution in [3.8, 4) is 11.3 Å². The Morgan fingerprint density at radius 2 is 1.73 bits per heavy atom. The molecule has 1 aliphatic heterocycles. The number of likely N-dealkylation sites (tertiary alicyclic amines) is 1. The molecule has 1 aliphatic carbocycles. The number of amides is 6. The fraction of sp³-hybridized carbons (Fsp3) is 0.462. The summed E-state index contributed by atoms with van der Waals surface area (Å²) in [5.74, 6) is -1.59. The van der Waals surface area contributed by atoms with Crippen LogP contribution in [0.3, 0.4) is 0 Å². The number of nitrogens with two attached hydrogens (primary N) is 1. The van der Waals surface area contributed by atoms with E-state index >= 15 is 0 Å². The van der Waals surface area contributed by atoms with Gasteiger partial charge in [0.15, 0.2) is 13.6 Å². The van der Waals surface area contributed by atoms with Gasteiger partial charge < -0.3 is 41.0 Å². The molecule has 6 amide bonds. The molecule has 2 radical (unpaired) electrons. The SMILES string of the molecule is [B]NC(CC(N)=O)C(=O)N1CCCC1C(=O)NCC(=O)Nc1ccc(COC(=O)N(C)CCN(C)C(=O)n2ccc3c(-c4cnn(CC5CCCC5)c4)ncnc32)cc1. The number of hydrogen-bond acceptors (Lipinski definition) is 11. The van der Waals surface area contributed by atoms with Gasteiger partial charge in [-0.15, -0.1) is 0 Å². The maximum absolute atomic E-state index is 13.5. The molecule has 0 spiro atoms. The zero-order chi connectivity index (χ0) is 42.1. The van der Waals surface area contributed by atoms with Crippen LogP contribution in [0, 0.1) is 5.92 Å². The molecule has 2 atom stereocenters. The number of carbonyl (C=O) groups is 6. The smallest absolute Gasteiger partial charge is 0.409 e. The first-order chi connectivity index (χ1) is 28.4. The second-order valence-corrected chi connectivity index (χ2v) is 15.0. The summed E-state index contributed by atoms with van der Waals surface area (Å²) < 4.78 is 8.90. The van der Waals surface area contributed by atoms with Gasteiger partial charge in [0, 0.05) is 75.7 Å². The van der Waals surface area contributed by atoms with Gasteiger partial charge >= 0.3 is 12.1 Å². The number of anilines is 1. The molecule has 1 saturated carbocycles. The van der Waals surface area contributed by atoms with Crippen molar-refractivity contribution in [2.24, 2.45) is 11.7 Å². The molecule has 3 aromatic heterocycles. The number of ether oxygens (including phenoxy) is 1. The van der Waals surface area contributed by atoms with Crippen LogP contribution < -0.4 is 21.6 Å². The minimum Gasteiger partial charge on any atom is -0.445 e. The largest absolute Gasteiger partial charge is 0.445 e. The fourth-order valence-electron chi connectivity index (χ4n) is 7.40. The normalized spacial score (nSPS) is 15.8. The minimum atomic E-state index is -1.06. The third-order valence-electron chi connectivity index (χ3n) is 10.7. The monoisotopic (exact) mass is 808 g/mol. The minimum absolute atomic E-state index is 0.0321. The van der Waals surface area contributed by atoms with Crippen LogP contribution >= 0.6 is 0 Å². The Morgan fingerprint density at radius 1 is 0.983 bits per heavy atom. The van der Waals surface area contributed by atoms with E-state index in [4.69, 9.17) is 18.5 Å². The molecular formula is C39H49BN12O7. The molecule has 0 bridgehead atoms. The van der Waals surface area contributed by atoms with Crippen LogP contribution in [0.4, 0.5) is 15.3 Å². The average Bonchev–Trinajstić information content (AvgIpc) is 4.08. The van der Waals surface area contributed by atoms with Gasteiger partial charge in [0.05, 0.1) is 24.5 Å². The molecule has 6 rings (SSSR count). The lowest BCUT2D eigenvalue weighted by atomic mass is 10.1. The molecule has 310 valence electrons. The van der Waals surface area contributed by atoms with Crippen molar-refractivity contribution in [3.05, 3.63) is 60.8 Å². The Balaban J connectivity index is 0.920. The van der Waals surface area contributed by atoms with Crippen molar-refractivity contribution in [3.63, 3.8) is 0 Å². The number of carbonyl (C=O) groups excluding carboxylic acids is 6. The zero-order valence-electron chi connectivity index (χ0n) is 33.2. The van der Waals surface area contributed by atoms with Gasteiger partial charge in [-0.2, -0.15) is 5.10 Å². The summed E-state index contributed by atoms with van der Waals surface area (Å²) in [6.07, 6.45) is 12.0. The Hall–Kier alpha value is -6.31. The standard InChI is InChI=1S/C39H49BN12O7/c1-48(38(57)52-15-13-29-34(43-24-44-35(29)52)27-19-45-50(22-27)21-25-6-3-4-7-25)16-17-49(2)39(58)59-23-26-9-11-28(12-10-26)46-33(54)20-42-36(55)31-8-5-14-51(31)37(56)30(47-40)18-32(41)53/h9-13,15,19,22,24-25,30-31,47H,3-8,14,16-18,20-21,23H2,1-2H3,(H2,41,53)(H,42,55)(H,46,54). The molecule has 59 heavy (non-hydrogen) atoms. The van der Waals surface area contributed by atoms with Crippen LogP contribution in [0.15, 0.2) is 55.2 Å². The number of nitrogens with one attached hydrogen (secondary N) is 3. The molecule has 1 saturated heterocycles. The maximum atomic E-state index is 13.5. The summed E-state index contributed by atoms with van der Waals surface area (Å²) in [6.45, 7) is 1.25. The van der Waals surface area contributed by atoms with Gasteiger partial charge in [-0.3, -0.25) is 28.4 Å². The molecule has 2 fully saturated rings. The van der Waals surface area contributed by atoms with E-state index in [1.54, 1.807) is 50.8 Å². The number of benzene rings is 1. The van der Waals surface area contributed by atoms with Crippen LogP contribution in [-0.2, 0) is 37.1 Å². The van der Waals surface area contributed by atoms with Crippen LogP contribution in [0.25, 0.3) is 22.3 Å². The summed E-state index contributed by atoms with van der Waals surface area (Å²) in [5.41, 5.74) is 8.36. The molecule has 4 heterocycles. The van der Waals surface area contributed by atoms with Crippen molar-refractivity contribution in [1.82, 2.24) is 49.6 Å². The van der Waals surface area contributed by atoms with E-state index in [9.17, 15) is 28.8 Å². The van der Waals surface area contributed by atoms with E-state index in [0.717, 1.165) is 17.5 Å². The van der Waals surface area contributed by atoms with Gasteiger partial charge in [-0.1, -0.05) is 25.0 Å². The van der Waals surface area contributed by atoms with Crippen LogP contribution in [-0.4, -0.2) is 135 Å². The number of fused-ring (bicyclic) bond motifs is 1. The molecule has 20 heteroatoms. The van der Waals surface area contributed by atoms with Crippen LogP contribution in [0.5, 0.6) is 0 Å². The lowest BCUT2D eigenvalue weighted by molar-refractivity contribution is -0.140. The molecule has 2 unspecified atom stereocenters. The highest BCUT2D eigenvalue weighted by Crippen LogP contribution is 2.29. The predicted molar refractivity (Wildman–Crippen MR) is 216 cm³/mol. The zero-order valence-corrected chi connectivity index (χ0v) is 33.2. The number of hydrogen-bond donors (Lipinski definition) is 4. The topological polar surface area (TPSA) is 232 Å². The first-order valence-corrected chi connectivity index (χ1v) is 19.6. The lowest BCUT2D eigenvalue weighted by Gasteiger charge is -2.27. The van der Waals surface area contributed by atoms with Gasteiger partial charge in [-0.05, 0) is 55.4 Å². The van der Waals surface area contributed by atoms with E-state index < -0.39 is 41.8 Å². The quantitative estimate of drug-likeness (QED) is 0.119. The number of likely N-dealkylation sites (N-methyl/N-ethyl adjacent to an activating group) is 2. The number of nitrogens with zero attached hydrogens (tertiary/aromatic N) is 8. The summed E-state index contributed by atoms with van der Waals surface area (Å²) in [7, 11) is 8.64. The van der Waals surface area contributed by atoms with Crippen molar-refractivity contribution in [2.75, 3.05) is 45.6 Å². The summed E-state index contributed by atoms with van der Waals surface area (Å²) >= 11 is 0. The van der Waals surface area contributed by atoms with Crippen molar-refractivity contribution < 1.29 is 33.5 Å². The van der Waals surface area contributed by atoms with Gasteiger partial charge in [0.1, 0.15) is 19.0 Å². The number of primary amides is 1. The Kier molecular flexibility index (Phi) is 13.9. The van der Waals surface area contributed by atoms with E-state index in [0.29, 0.717) is 47.9 Å². The van der Waals surface area contributed by atoms with E-state index in [1.807, 2.05) is 16.9 Å². The Labute approximate surface area is 342 Å². The first-order valence-electron chi connectivity index (χ1n) is 19.6. The van der Waals surface area contributed by atoms with Crippen molar-refractivity contribution >= 4 is 60.5 Å². The van der Waals surface area contributed by atoms with Crippen LogP contribution in [0.2, 0.25) is 0 Å². The average molecular weight is 809 g/mol. The summed E-state index contributed by atoms with van der Waals surface area (Å²) in [6, 6.07) is 6.26. The molecule has 4 aromatic rings. The Bertz CT molecular complexity index is 2150. The highest BCUT2D eigenvalue weighted by atomic mass is 16.6. The van der Waals surface area contributed by atoms with Crippen molar-refractivity contribution in [1.29, 1.82) is 0 Å². The van der Waals surface area contributed by atoms with E-state index in [-0.39, 0.29) is 38.7 Å². The van der Waals surface area contributed by atoms with Crippen molar-refractivity contribution in [2.45, 2.75) is 70.2 Å². The number of aromatic nitrogens is 5. The summed E-state index contributed by atoms with van der Waals surface area (Å²) in [5, 5.41) is 12.8. The fourth-order valence-corrected chi connectivity index (χ4v) is 7.40. The third-order valence-corrected chi connectivity index (χ3v) is 10.7. The highest BCUT2D eigenvalue weighted by molar-refractivity contribution is 6.07. The Morgan fingerprint density at radius 3 is 2.46 bits per heavy atom. The molecule has 19 nitrogen and oxygen atoms in total. The third kappa shape index (κ3) is 10.6. The number of rotatable bonds is 16. The molecular weight excluding hydrogens is 759 g/mol.